The number of halogens is 1. The lowest BCUT2D eigenvalue weighted by Gasteiger charge is -2.08. The summed E-state index contributed by atoms with van der Waals surface area (Å²) < 4.78 is 19.9. The molecule has 8 heteroatoms. The van der Waals surface area contributed by atoms with Gasteiger partial charge in [-0.15, -0.1) is 0 Å². The minimum Gasteiger partial charge on any atom is -0.487 e. The van der Waals surface area contributed by atoms with Crippen LogP contribution < -0.4 is 4.74 Å². The normalized spacial score (nSPS) is 11.3. The van der Waals surface area contributed by atoms with Gasteiger partial charge in [-0.3, -0.25) is 15.1 Å². The Balaban J connectivity index is 1.24. The Morgan fingerprint density at radius 1 is 0.795 bits per heavy atom. The topological polar surface area (TPSA) is 92.4 Å². The van der Waals surface area contributed by atoms with Gasteiger partial charge in [-0.1, -0.05) is 42.5 Å². The first-order valence-electron chi connectivity index (χ1n) is 12.4. The minimum atomic E-state index is -0.305. The van der Waals surface area contributed by atoms with Gasteiger partial charge in [-0.2, -0.15) is 5.10 Å². The summed E-state index contributed by atoms with van der Waals surface area (Å²) in [6, 6.07) is 26.1. The van der Waals surface area contributed by atoms with Gasteiger partial charge in [-0.25, -0.2) is 9.37 Å². The van der Waals surface area contributed by atoms with Crippen LogP contribution in [0.1, 0.15) is 5.56 Å². The summed E-state index contributed by atoms with van der Waals surface area (Å²) in [5.74, 6) is 0.361. The number of aromatic nitrogens is 6. The summed E-state index contributed by atoms with van der Waals surface area (Å²) in [5.41, 5.74) is 7.93. The molecule has 0 amide bonds. The molecule has 0 aliphatic carbocycles. The first kappa shape index (κ1) is 22.8. The fourth-order valence-electron chi connectivity index (χ4n) is 4.67. The number of pyridine rings is 3. The third-order valence-corrected chi connectivity index (χ3v) is 6.57. The highest BCUT2D eigenvalue weighted by atomic mass is 19.1. The van der Waals surface area contributed by atoms with Gasteiger partial charge in [0.25, 0.3) is 0 Å². The number of nitrogens with zero attached hydrogens (tertiary/aromatic N) is 4. The summed E-state index contributed by atoms with van der Waals surface area (Å²) in [7, 11) is 0. The molecule has 0 bridgehead atoms. The third-order valence-electron chi connectivity index (χ3n) is 6.57. The van der Waals surface area contributed by atoms with E-state index < -0.39 is 0 Å². The fraction of sp³-hybridized carbons (Fsp3) is 0.0323. The van der Waals surface area contributed by atoms with E-state index in [-0.39, 0.29) is 5.82 Å². The van der Waals surface area contributed by atoms with Crippen LogP contribution in [-0.2, 0) is 6.61 Å². The molecule has 0 spiro atoms. The van der Waals surface area contributed by atoms with Crippen molar-refractivity contribution in [3.8, 4) is 39.7 Å². The van der Waals surface area contributed by atoms with Crippen LogP contribution in [0.2, 0.25) is 0 Å². The van der Waals surface area contributed by atoms with Crippen molar-refractivity contribution in [1.29, 1.82) is 0 Å². The van der Waals surface area contributed by atoms with Crippen molar-refractivity contribution in [2.24, 2.45) is 0 Å². The Morgan fingerprint density at radius 2 is 1.72 bits per heavy atom. The van der Waals surface area contributed by atoms with Crippen molar-refractivity contribution in [3.63, 3.8) is 0 Å². The smallest absolute Gasteiger partial charge is 0.138 e. The molecule has 7 rings (SSSR count). The minimum absolute atomic E-state index is 0.305. The van der Waals surface area contributed by atoms with Gasteiger partial charge in [0.2, 0.25) is 0 Å². The van der Waals surface area contributed by atoms with Crippen LogP contribution in [-0.4, -0.2) is 30.1 Å². The average Bonchev–Trinajstić information content (AvgIpc) is 3.60. The number of benzene rings is 2. The molecule has 2 N–H and O–H groups in total. The van der Waals surface area contributed by atoms with Gasteiger partial charge >= 0.3 is 0 Å². The number of fused-ring (bicyclic) bond motifs is 2. The van der Waals surface area contributed by atoms with E-state index in [0.717, 1.165) is 44.5 Å². The molecule has 0 aliphatic heterocycles. The second kappa shape index (κ2) is 9.50. The van der Waals surface area contributed by atoms with Crippen LogP contribution in [0.25, 0.3) is 55.8 Å². The second-order valence-electron chi connectivity index (χ2n) is 9.16. The van der Waals surface area contributed by atoms with E-state index in [9.17, 15) is 4.39 Å². The number of hydrogen-bond donors (Lipinski definition) is 2. The largest absolute Gasteiger partial charge is 0.487 e. The van der Waals surface area contributed by atoms with Gasteiger partial charge in [-0.05, 0) is 48.0 Å². The number of aromatic amines is 2. The van der Waals surface area contributed by atoms with Crippen LogP contribution in [0.4, 0.5) is 4.39 Å². The van der Waals surface area contributed by atoms with Gasteiger partial charge < -0.3 is 9.72 Å². The molecule has 0 saturated carbocycles. The van der Waals surface area contributed by atoms with E-state index in [0.29, 0.717) is 29.3 Å². The maximum Gasteiger partial charge on any atom is 0.138 e. The predicted molar refractivity (Wildman–Crippen MR) is 148 cm³/mol. The number of nitrogens with one attached hydrogen (secondary N) is 2. The second-order valence-corrected chi connectivity index (χ2v) is 9.16. The lowest BCUT2D eigenvalue weighted by atomic mass is 10.1. The summed E-state index contributed by atoms with van der Waals surface area (Å²) in [4.78, 5) is 17.2. The summed E-state index contributed by atoms with van der Waals surface area (Å²) >= 11 is 0. The Labute approximate surface area is 222 Å². The van der Waals surface area contributed by atoms with Gasteiger partial charge in [0.15, 0.2) is 0 Å². The van der Waals surface area contributed by atoms with Gasteiger partial charge in [0.05, 0.1) is 28.8 Å². The standard InChI is InChI=1S/C31H21FN6O/c32-22-8-4-7-20(13-22)29-24-15-28(35-26(24)11-12-34-29)31-30-27(37-38-31)10-9-25(36-30)21-14-23(17-33-16-21)39-18-19-5-2-1-3-6-19/h1-17,35H,18H2,(H,37,38). The molecule has 5 heterocycles. The lowest BCUT2D eigenvalue weighted by Crippen LogP contribution is -1.96. The van der Waals surface area contributed by atoms with Crippen LogP contribution in [0.3, 0.4) is 0 Å². The van der Waals surface area contributed by atoms with Gasteiger partial charge in [0, 0.05) is 34.4 Å². The number of hydrogen-bond acceptors (Lipinski definition) is 5. The first-order chi connectivity index (χ1) is 19.2. The molecule has 0 radical (unpaired) electrons. The van der Waals surface area contributed by atoms with Crippen molar-refractivity contribution in [1.82, 2.24) is 30.1 Å². The summed E-state index contributed by atoms with van der Waals surface area (Å²) in [6.07, 6.45) is 5.17. The molecule has 0 aliphatic rings. The quantitative estimate of drug-likeness (QED) is 0.252. The zero-order valence-corrected chi connectivity index (χ0v) is 20.6. The maximum absolute atomic E-state index is 13.9. The highest BCUT2D eigenvalue weighted by Crippen LogP contribution is 2.33. The van der Waals surface area contributed by atoms with E-state index in [4.69, 9.17) is 9.72 Å². The monoisotopic (exact) mass is 512 g/mol. The molecule has 7 aromatic rings. The molecule has 7 nitrogen and oxygen atoms in total. The van der Waals surface area contributed by atoms with E-state index in [2.05, 4.69) is 25.1 Å². The summed E-state index contributed by atoms with van der Waals surface area (Å²) in [5, 5.41) is 8.50. The first-order valence-corrected chi connectivity index (χ1v) is 12.4. The molecular formula is C31H21FN6O. The highest BCUT2D eigenvalue weighted by Gasteiger charge is 2.16. The predicted octanol–water partition coefficient (Wildman–Crippen LogP) is 6.95. The van der Waals surface area contributed by atoms with E-state index in [1.54, 1.807) is 24.7 Å². The molecular weight excluding hydrogens is 491 g/mol. The van der Waals surface area contributed by atoms with Gasteiger partial charge in [0.1, 0.15) is 29.4 Å². The average molecular weight is 513 g/mol. The SMILES string of the molecule is Fc1cccc(-c2nccc3[nH]c(-c4n[nH]c5ccc(-c6cncc(OCc7ccccc7)c6)nc45)cc23)c1. The molecule has 0 unspecified atom stereocenters. The Kier molecular flexibility index (Phi) is 5.55. The Morgan fingerprint density at radius 3 is 2.62 bits per heavy atom. The zero-order chi connectivity index (χ0) is 26.2. The summed E-state index contributed by atoms with van der Waals surface area (Å²) in [6.45, 7) is 0.456. The van der Waals surface area contributed by atoms with E-state index in [1.165, 1.54) is 12.1 Å². The van der Waals surface area contributed by atoms with Crippen molar-refractivity contribution in [2.75, 3.05) is 0 Å². The number of rotatable bonds is 6. The van der Waals surface area contributed by atoms with E-state index in [1.807, 2.05) is 66.7 Å². The third kappa shape index (κ3) is 4.38. The molecule has 5 aromatic heterocycles. The highest BCUT2D eigenvalue weighted by molar-refractivity contribution is 5.99. The van der Waals surface area contributed by atoms with Crippen LogP contribution >= 0.6 is 0 Å². The fourth-order valence-corrected chi connectivity index (χ4v) is 4.67. The molecule has 0 saturated heterocycles. The lowest BCUT2D eigenvalue weighted by molar-refractivity contribution is 0.305. The Bertz CT molecular complexity index is 1950. The van der Waals surface area contributed by atoms with Crippen molar-refractivity contribution >= 4 is 21.9 Å². The van der Waals surface area contributed by atoms with Crippen molar-refractivity contribution in [2.45, 2.75) is 6.61 Å². The molecule has 39 heavy (non-hydrogen) atoms. The maximum atomic E-state index is 13.9. The molecule has 2 aromatic carbocycles. The van der Waals surface area contributed by atoms with Crippen LogP contribution in [0.5, 0.6) is 5.75 Å². The zero-order valence-electron chi connectivity index (χ0n) is 20.6. The molecule has 0 fully saturated rings. The Hall–Kier alpha value is -5.37. The number of ether oxygens (including phenoxy) is 1. The number of H-pyrrole nitrogens is 2. The van der Waals surface area contributed by atoms with Crippen molar-refractivity contribution < 1.29 is 9.13 Å². The van der Waals surface area contributed by atoms with Crippen molar-refractivity contribution in [3.05, 3.63) is 115 Å². The molecule has 188 valence electrons. The van der Waals surface area contributed by atoms with Crippen LogP contribution in [0, 0.1) is 5.82 Å². The van der Waals surface area contributed by atoms with Crippen LogP contribution in [0.15, 0.2) is 104 Å². The van der Waals surface area contributed by atoms with E-state index >= 15 is 0 Å². The molecule has 0 atom stereocenters.